The number of halogens is 4. The second-order valence-corrected chi connectivity index (χ2v) is 4.86. The van der Waals surface area contributed by atoms with Crippen LogP contribution in [0.1, 0.15) is 25.0 Å². The van der Waals surface area contributed by atoms with Crippen molar-refractivity contribution >= 4 is 21.6 Å². The Morgan fingerprint density at radius 3 is 2.35 bits per heavy atom. The molecule has 0 amide bonds. The summed E-state index contributed by atoms with van der Waals surface area (Å²) in [4.78, 5) is 0. The average molecular weight is 312 g/mol. The minimum atomic E-state index is -4.45. The standard InChI is InChI=1S/C11H13BrF3NO/c1-6(2)16-10-7(5-17)3-8(12)4-9(10)11(13,14)15/h3-4,6,16-17H,5H2,1-2H3. The van der Waals surface area contributed by atoms with E-state index in [0.717, 1.165) is 6.07 Å². The van der Waals surface area contributed by atoms with Gasteiger partial charge in [0, 0.05) is 16.1 Å². The Labute approximate surface area is 106 Å². The highest BCUT2D eigenvalue weighted by Gasteiger charge is 2.35. The van der Waals surface area contributed by atoms with Crippen molar-refractivity contribution in [2.75, 3.05) is 5.32 Å². The van der Waals surface area contributed by atoms with Gasteiger partial charge >= 0.3 is 6.18 Å². The van der Waals surface area contributed by atoms with Gasteiger partial charge in [-0.25, -0.2) is 0 Å². The van der Waals surface area contributed by atoms with Crippen molar-refractivity contribution in [3.05, 3.63) is 27.7 Å². The first-order valence-electron chi connectivity index (χ1n) is 5.02. The van der Waals surface area contributed by atoms with Crippen molar-refractivity contribution in [2.45, 2.75) is 32.7 Å². The molecule has 0 saturated carbocycles. The van der Waals surface area contributed by atoms with Gasteiger partial charge in [-0.2, -0.15) is 13.2 Å². The Morgan fingerprint density at radius 1 is 1.35 bits per heavy atom. The zero-order valence-electron chi connectivity index (χ0n) is 9.40. The molecule has 2 nitrogen and oxygen atoms in total. The van der Waals surface area contributed by atoms with Crippen LogP contribution in [0.4, 0.5) is 18.9 Å². The molecule has 0 radical (unpaired) electrons. The predicted octanol–water partition coefficient (Wildman–Crippen LogP) is 3.78. The molecule has 0 atom stereocenters. The summed E-state index contributed by atoms with van der Waals surface area (Å²) < 4.78 is 38.9. The van der Waals surface area contributed by atoms with Gasteiger partial charge in [0.05, 0.1) is 17.9 Å². The maximum atomic E-state index is 12.9. The first kappa shape index (κ1) is 14.3. The van der Waals surface area contributed by atoms with Crippen LogP contribution in [0, 0.1) is 0 Å². The molecule has 0 unspecified atom stereocenters. The third-order valence-corrected chi connectivity index (χ3v) is 2.55. The number of anilines is 1. The van der Waals surface area contributed by atoms with E-state index in [9.17, 15) is 13.2 Å². The second-order valence-electron chi connectivity index (χ2n) is 3.94. The maximum Gasteiger partial charge on any atom is 0.418 e. The van der Waals surface area contributed by atoms with Gasteiger partial charge in [0.2, 0.25) is 0 Å². The lowest BCUT2D eigenvalue weighted by Gasteiger charge is -2.20. The zero-order chi connectivity index (χ0) is 13.2. The van der Waals surface area contributed by atoms with E-state index in [1.165, 1.54) is 6.07 Å². The number of hydrogen-bond donors (Lipinski definition) is 2. The van der Waals surface area contributed by atoms with Crippen LogP contribution in [0.3, 0.4) is 0 Å². The minimum Gasteiger partial charge on any atom is -0.392 e. The predicted molar refractivity (Wildman–Crippen MR) is 63.8 cm³/mol. The van der Waals surface area contributed by atoms with E-state index in [4.69, 9.17) is 5.11 Å². The lowest BCUT2D eigenvalue weighted by atomic mass is 10.1. The van der Waals surface area contributed by atoms with Gasteiger partial charge in [0.25, 0.3) is 0 Å². The molecule has 6 heteroatoms. The lowest BCUT2D eigenvalue weighted by molar-refractivity contribution is -0.137. The number of aliphatic hydroxyl groups is 1. The van der Waals surface area contributed by atoms with Gasteiger partial charge in [0.1, 0.15) is 0 Å². The second kappa shape index (κ2) is 5.27. The van der Waals surface area contributed by atoms with Gasteiger partial charge in [0.15, 0.2) is 0 Å². The molecular formula is C11H13BrF3NO. The molecule has 0 bridgehead atoms. The molecule has 0 aromatic heterocycles. The fraction of sp³-hybridized carbons (Fsp3) is 0.455. The van der Waals surface area contributed by atoms with Crippen LogP contribution in [0.15, 0.2) is 16.6 Å². The average Bonchev–Trinajstić information content (AvgIpc) is 2.17. The number of hydrogen-bond acceptors (Lipinski definition) is 2. The highest BCUT2D eigenvalue weighted by molar-refractivity contribution is 9.10. The molecule has 17 heavy (non-hydrogen) atoms. The van der Waals surface area contributed by atoms with Gasteiger partial charge < -0.3 is 10.4 Å². The molecule has 0 saturated heterocycles. The Balaban J connectivity index is 3.39. The van der Waals surface area contributed by atoms with Gasteiger partial charge in [-0.3, -0.25) is 0 Å². The third kappa shape index (κ3) is 3.61. The van der Waals surface area contributed by atoms with Crippen LogP contribution in [-0.4, -0.2) is 11.1 Å². The molecule has 0 fully saturated rings. The summed E-state index contributed by atoms with van der Waals surface area (Å²) in [6.07, 6.45) is -4.45. The van der Waals surface area contributed by atoms with Crippen LogP contribution < -0.4 is 5.32 Å². The van der Waals surface area contributed by atoms with E-state index in [2.05, 4.69) is 21.2 Å². The van der Waals surface area contributed by atoms with Crippen LogP contribution in [0.5, 0.6) is 0 Å². The summed E-state index contributed by atoms with van der Waals surface area (Å²) >= 11 is 3.01. The maximum absolute atomic E-state index is 12.9. The quantitative estimate of drug-likeness (QED) is 0.890. The number of alkyl halides is 3. The van der Waals surface area contributed by atoms with Crippen LogP contribution in [-0.2, 0) is 12.8 Å². The molecule has 0 aliphatic rings. The smallest absolute Gasteiger partial charge is 0.392 e. The highest BCUT2D eigenvalue weighted by atomic mass is 79.9. The Morgan fingerprint density at radius 2 is 1.94 bits per heavy atom. The summed E-state index contributed by atoms with van der Waals surface area (Å²) in [6.45, 7) is 3.03. The SMILES string of the molecule is CC(C)Nc1c(CO)cc(Br)cc1C(F)(F)F. The monoisotopic (exact) mass is 311 g/mol. The highest BCUT2D eigenvalue weighted by Crippen LogP contribution is 2.39. The van der Waals surface area contributed by atoms with E-state index in [1.807, 2.05) is 0 Å². The molecule has 0 aliphatic heterocycles. The Kier molecular flexibility index (Phi) is 4.43. The largest absolute Gasteiger partial charge is 0.418 e. The summed E-state index contributed by atoms with van der Waals surface area (Å²) in [7, 11) is 0. The third-order valence-electron chi connectivity index (χ3n) is 2.09. The summed E-state index contributed by atoms with van der Waals surface area (Å²) in [5, 5.41) is 11.8. The molecule has 96 valence electrons. The number of benzene rings is 1. The number of nitrogens with one attached hydrogen (secondary N) is 1. The first-order valence-corrected chi connectivity index (χ1v) is 5.82. The zero-order valence-corrected chi connectivity index (χ0v) is 11.0. The topological polar surface area (TPSA) is 32.3 Å². The van der Waals surface area contributed by atoms with Crippen molar-refractivity contribution < 1.29 is 18.3 Å². The Hall–Kier alpha value is -0.750. The molecule has 0 spiro atoms. The molecule has 1 aromatic carbocycles. The summed E-state index contributed by atoms with van der Waals surface area (Å²) in [5.74, 6) is 0. The fourth-order valence-electron chi connectivity index (χ4n) is 1.47. The molecule has 2 N–H and O–H groups in total. The minimum absolute atomic E-state index is 0.0572. The van der Waals surface area contributed by atoms with Gasteiger partial charge in [-0.15, -0.1) is 0 Å². The van der Waals surface area contributed by atoms with Gasteiger partial charge in [-0.05, 0) is 26.0 Å². The van der Waals surface area contributed by atoms with E-state index in [1.54, 1.807) is 13.8 Å². The van der Waals surface area contributed by atoms with Crippen molar-refractivity contribution in [3.63, 3.8) is 0 Å². The fourth-order valence-corrected chi connectivity index (χ4v) is 1.98. The molecule has 0 heterocycles. The molecule has 1 aromatic rings. The number of rotatable bonds is 3. The van der Waals surface area contributed by atoms with E-state index in [0.29, 0.717) is 4.47 Å². The van der Waals surface area contributed by atoms with Crippen molar-refractivity contribution in [3.8, 4) is 0 Å². The van der Waals surface area contributed by atoms with Crippen molar-refractivity contribution in [1.29, 1.82) is 0 Å². The Bertz CT molecular complexity index is 404. The molecule has 1 rings (SSSR count). The lowest BCUT2D eigenvalue weighted by Crippen LogP contribution is -2.17. The van der Waals surface area contributed by atoms with Crippen LogP contribution in [0.2, 0.25) is 0 Å². The van der Waals surface area contributed by atoms with E-state index < -0.39 is 18.3 Å². The number of aliphatic hydroxyl groups excluding tert-OH is 1. The van der Waals surface area contributed by atoms with Crippen molar-refractivity contribution in [1.82, 2.24) is 0 Å². The first-order chi connectivity index (χ1) is 7.75. The van der Waals surface area contributed by atoms with E-state index in [-0.39, 0.29) is 17.3 Å². The molecular weight excluding hydrogens is 299 g/mol. The van der Waals surface area contributed by atoms with Gasteiger partial charge in [-0.1, -0.05) is 15.9 Å². The van der Waals surface area contributed by atoms with Crippen LogP contribution >= 0.6 is 15.9 Å². The normalized spacial score (nSPS) is 12.0. The van der Waals surface area contributed by atoms with Crippen LogP contribution in [0.25, 0.3) is 0 Å². The summed E-state index contributed by atoms with van der Waals surface area (Å²) in [5.41, 5.74) is -0.608. The van der Waals surface area contributed by atoms with E-state index >= 15 is 0 Å². The van der Waals surface area contributed by atoms with Crippen molar-refractivity contribution in [2.24, 2.45) is 0 Å². The molecule has 0 aliphatic carbocycles. The summed E-state index contributed by atoms with van der Waals surface area (Å²) in [6, 6.07) is 2.33.